The highest BCUT2D eigenvalue weighted by Crippen LogP contribution is 2.34. The predicted octanol–water partition coefficient (Wildman–Crippen LogP) is 5.59. The Morgan fingerprint density at radius 1 is 0.833 bits per heavy atom. The van der Waals surface area contributed by atoms with Crippen LogP contribution in [0.4, 0.5) is 5.69 Å². The summed E-state index contributed by atoms with van der Waals surface area (Å²) >= 11 is 3.54. The lowest BCUT2D eigenvalue weighted by molar-refractivity contribution is -0.116. The van der Waals surface area contributed by atoms with E-state index < -0.39 is 0 Å². The summed E-state index contributed by atoms with van der Waals surface area (Å²) in [5.74, 6) is 0.00929. The SMILES string of the molecule is CC(=O)N(c1ccccc1)C(c1ccccc1)c1cccc(Br)c1. The van der Waals surface area contributed by atoms with Gasteiger partial charge in [0.05, 0.1) is 6.04 Å². The van der Waals surface area contributed by atoms with Crippen LogP contribution in [0.2, 0.25) is 0 Å². The van der Waals surface area contributed by atoms with Crippen LogP contribution in [0.15, 0.2) is 89.4 Å². The fourth-order valence-corrected chi connectivity index (χ4v) is 3.32. The molecule has 24 heavy (non-hydrogen) atoms. The molecule has 0 aromatic heterocycles. The maximum atomic E-state index is 12.5. The molecule has 0 aliphatic rings. The standard InChI is InChI=1S/C21H18BrNO/c1-16(24)23(20-13-6-3-7-14-20)21(17-9-4-2-5-10-17)18-11-8-12-19(22)15-18/h2-15,21H,1H3. The van der Waals surface area contributed by atoms with E-state index in [2.05, 4.69) is 40.2 Å². The van der Waals surface area contributed by atoms with Crippen LogP contribution in [0.5, 0.6) is 0 Å². The number of carbonyl (C=O) groups is 1. The predicted molar refractivity (Wildman–Crippen MR) is 102 cm³/mol. The molecule has 2 nitrogen and oxygen atoms in total. The van der Waals surface area contributed by atoms with E-state index >= 15 is 0 Å². The van der Waals surface area contributed by atoms with Crippen LogP contribution in [0, 0.1) is 0 Å². The number of amides is 1. The average molecular weight is 380 g/mol. The van der Waals surface area contributed by atoms with E-state index in [1.807, 2.05) is 65.6 Å². The number of para-hydroxylation sites is 1. The van der Waals surface area contributed by atoms with Crippen LogP contribution >= 0.6 is 15.9 Å². The Morgan fingerprint density at radius 2 is 1.42 bits per heavy atom. The normalized spacial score (nSPS) is 11.8. The first kappa shape index (κ1) is 16.5. The van der Waals surface area contributed by atoms with E-state index in [1.54, 1.807) is 6.92 Å². The molecule has 0 N–H and O–H groups in total. The first-order chi connectivity index (χ1) is 11.7. The molecule has 0 saturated heterocycles. The van der Waals surface area contributed by atoms with Crippen molar-refractivity contribution < 1.29 is 4.79 Å². The molecule has 0 fully saturated rings. The number of carbonyl (C=O) groups excluding carboxylic acids is 1. The Morgan fingerprint density at radius 3 is 2.00 bits per heavy atom. The summed E-state index contributed by atoms with van der Waals surface area (Å²) in [7, 11) is 0. The fourth-order valence-electron chi connectivity index (χ4n) is 2.90. The molecule has 0 heterocycles. The van der Waals surface area contributed by atoms with Crippen molar-refractivity contribution in [1.82, 2.24) is 0 Å². The molecular formula is C21H18BrNO. The van der Waals surface area contributed by atoms with Gasteiger partial charge in [-0.3, -0.25) is 4.79 Å². The Balaban J connectivity index is 2.18. The summed E-state index contributed by atoms with van der Waals surface area (Å²) in [6, 6.07) is 27.8. The summed E-state index contributed by atoms with van der Waals surface area (Å²) < 4.78 is 0.998. The van der Waals surface area contributed by atoms with Crippen LogP contribution in [-0.2, 0) is 4.79 Å². The number of rotatable bonds is 4. The highest BCUT2D eigenvalue weighted by molar-refractivity contribution is 9.10. The molecule has 3 rings (SSSR count). The van der Waals surface area contributed by atoms with E-state index in [0.717, 1.165) is 21.3 Å². The second-order valence-corrected chi connectivity index (χ2v) is 6.51. The molecule has 0 aliphatic carbocycles. The summed E-state index contributed by atoms with van der Waals surface area (Å²) in [6.07, 6.45) is 0. The van der Waals surface area contributed by atoms with Crippen molar-refractivity contribution in [2.24, 2.45) is 0 Å². The van der Waals surface area contributed by atoms with Gasteiger partial charge in [0.2, 0.25) is 5.91 Å². The lowest BCUT2D eigenvalue weighted by atomic mass is 9.96. The number of nitrogens with zero attached hydrogens (tertiary/aromatic N) is 1. The lowest BCUT2D eigenvalue weighted by Gasteiger charge is -2.32. The Kier molecular flexibility index (Phi) is 5.11. The minimum absolute atomic E-state index is 0.00929. The molecule has 120 valence electrons. The molecule has 1 unspecified atom stereocenters. The maximum Gasteiger partial charge on any atom is 0.224 e. The molecule has 0 bridgehead atoms. The van der Waals surface area contributed by atoms with Crippen molar-refractivity contribution in [2.45, 2.75) is 13.0 Å². The molecule has 0 spiro atoms. The minimum atomic E-state index is -0.177. The van der Waals surface area contributed by atoms with Crippen molar-refractivity contribution in [3.05, 3.63) is 101 Å². The summed E-state index contributed by atoms with van der Waals surface area (Å²) in [5.41, 5.74) is 3.03. The van der Waals surface area contributed by atoms with Crippen molar-refractivity contribution in [1.29, 1.82) is 0 Å². The van der Waals surface area contributed by atoms with Crippen molar-refractivity contribution in [3.63, 3.8) is 0 Å². The zero-order valence-corrected chi connectivity index (χ0v) is 15.0. The van der Waals surface area contributed by atoms with Gasteiger partial charge in [-0.2, -0.15) is 0 Å². The van der Waals surface area contributed by atoms with Crippen LogP contribution in [0.3, 0.4) is 0 Å². The van der Waals surface area contributed by atoms with E-state index in [4.69, 9.17) is 0 Å². The fraction of sp³-hybridized carbons (Fsp3) is 0.0952. The number of benzene rings is 3. The highest BCUT2D eigenvalue weighted by atomic mass is 79.9. The van der Waals surface area contributed by atoms with Gasteiger partial charge in [-0.15, -0.1) is 0 Å². The molecule has 3 aromatic rings. The molecule has 3 aromatic carbocycles. The molecular weight excluding hydrogens is 362 g/mol. The maximum absolute atomic E-state index is 12.5. The van der Waals surface area contributed by atoms with E-state index in [0.29, 0.717) is 0 Å². The largest absolute Gasteiger partial charge is 0.301 e. The smallest absolute Gasteiger partial charge is 0.224 e. The third kappa shape index (κ3) is 3.57. The van der Waals surface area contributed by atoms with Crippen LogP contribution in [-0.4, -0.2) is 5.91 Å². The second-order valence-electron chi connectivity index (χ2n) is 5.59. The number of hydrogen-bond acceptors (Lipinski definition) is 1. The van der Waals surface area contributed by atoms with E-state index in [1.165, 1.54) is 0 Å². The molecule has 1 amide bonds. The quantitative estimate of drug-likeness (QED) is 0.578. The third-order valence-corrected chi connectivity index (χ3v) is 4.40. The summed E-state index contributed by atoms with van der Waals surface area (Å²) in [6.45, 7) is 1.61. The average Bonchev–Trinajstić information content (AvgIpc) is 2.60. The molecule has 0 radical (unpaired) electrons. The number of halogens is 1. The zero-order chi connectivity index (χ0) is 16.9. The van der Waals surface area contributed by atoms with Gasteiger partial charge in [0.25, 0.3) is 0 Å². The van der Waals surface area contributed by atoms with Gasteiger partial charge < -0.3 is 4.90 Å². The second kappa shape index (κ2) is 7.45. The van der Waals surface area contributed by atoms with Gasteiger partial charge in [-0.1, -0.05) is 76.6 Å². The Bertz CT molecular complexity index is 818. The van der Waals surface area contributed by atoms with Gasteiger partial charge in [-0.25, -0.2) is 0 Å². The molecule has 0 aliphatic heterocycles. The summed E-state index contributed by atoms with van der Waals surface area (Å²) in [5, 5.41) is 0. The van der Waals surface area contributed by atoms with Gasteiger partial charge >= 0.3 is 0 Å². The first-order valence-corrected chi connectivity index (χ1v) is 8.61. The monoisotopic (exact) mass is 379 g/mol. The minimum Gasteiger partial charge on any atom is -0.301 e. The number of anilines is 1. The van der Waals surface area contributed by atoms with Gasteiger partial charge in [0.1, 0.15) is 0 Å². The van der Waals surface area contributed by atoms with Crippen molar-refractivity contribution in [3.8, 4) is 0 Å². The van der Waals surface area contributed by atoms with Crippen LogP contribution in [0.25, 0.3) is 0 Å². The van der Waals surface area contributed by atoms with E-state index in [9.17, 15) is 4.79 Å². The lowest BCUT2D eigenvalue weighted by Crippen LogP contribution is -2.33. The van der Waals surface area contributed by atoms with Gasteiger partial charge in [0, 0.05) is 17.1 Å². The third-order valence-electron chi connectivity index (χ3n) is 3.91. The molecule has 1 atom stereocenters. The molecule has 3 heteroatoms. The van der Waals surface area contributed by atoms with Crippen LogP contribution < -0.4 is 4.90 Å². The first-order valence-electron chi connectivity index (χ1n) is 7.82. The van der Waals surface area contributed by atoms with E-state index in [-0.39, 0.29) is 11.9 Å². The zero-order valence-electron chi connectivity index (χ0n) is 13.4. The van der Waals surface area contributed by atoms with Gasteiger partial charge in [-0.05, 0) is 35.4 Å². The summed E-state index contributed by atoms with van der Waals surface area (Å²) in [4.78, 5) is 14.4. The molecule has 0 saturated carbocycles. The van der Waals surface area contributed by atoms with Gasteiger partial charge in [0.15, 0.2) is 0 Å². The Hall–Kier alpha value is -2.39. The van der Waals surface area contributed by atoms with Crippen molar-refractivity contribution >= 4 is 27.5 Å². The topological polar surface area (TPSA) is 20.3 Å². The van der Waals surface area contributed by atoms with Crippen molar-refractivity contribution in [2.75, 3.05) is 4.90 Å². The van der Waals surface area contributed by atoms with Crippen LogP contribution in [0.1, 0.15) is 24.1 Å². The number of hydrogen-bond donors (Lipinski definition) is 0. The Labute approximate surface area is 150 Å². The highest BCUT2D eigenvalue weighted by Gasteiger charge is 2.26.